The van der Waals surface area contributed by atoms with Gasteiger partial charge in [-0.25, -0.2) is 4.79 Å². The minimum absolute atomic E-state index is 0.157. The summed E-state index contributed by atoms with van der Waals surface area (Å²) in [5, 5.41) is 2.27. The number of likely N-dealkylation sites (N-methyl/N-ethyl adjacent to an activating group) is 1. The molecule has 12 heavy (non-hydrogen) atoms. The Kier molecular flexibility index (Phi) is 4.52. The van der Waals surface area contributed by atoms with Gasteiger partial charge >= 0.3 is 5.97 Å². The number of rotatable bonds is 3. The van der Waals surface area contributed by atoms with E-state index in [4.69, 9.17) is 5.73 Å². The van der Waals surface area contributed by atoms with Crippen LogP contribution >= 0.6 is 0 Å². The van der Waals surface area contributed by atoms with Crippen molar-refractivity contribution < 1.29 is 14.3 Å². The quantitative estimate of drug-likeness (QED) is 0.428. The molecule has 0 aliphatic carbocycles. The Bertz CT molecular complexity index is 211. The third kappa shape index (κ3) is 3.60. The van der Waals surface area contributed by atoms with E-state index >= 15 is 0 Å². The number of esters is 1. The molecule has 0 fully saturated rings. The lowest BCUT2D eigenvalue weighted by atomic mass is 10.4. The van der Waals surface area contributed by atoms with Crippen LogP contribution in [0, 0.1) is 0 Å². The highest BCUT2D eigenvalue weighted by atomic mass is 16.5. The fourth-order valence-electron chi connectivity index (χ4n) is 0.521. The zero-order valence-corrected chi connectivity index (χ0v) is 7.09. The van der Waals surface area contributed by atoms with Gasteiger partial charge in [0.25, 0.3) is 5.91 Å². The average Bonchev–Trinajstić information content (AvgIpc) is 2.03. The van der Waals surface area contributed by atoms with Crippen LogP contribution < -0.4 is 11.1 Å². The third-order valence-electron chi connectivity index (χ3n) is 1.05. The molecule has 0 atom stereocenters. The van der Waals surface area contributed by atoms with Gasteiger partial charge in [-0.3, -0.25) is 4.79 Å². The van der Waals surface area contributed by atoms with Crippen LogP contribution in [0.2, 0.25) is 0 Å². The largest absolute Gasteiger partial charge is 0.463 e. The Hall–Kier alpha value is -1.52. The summed E-state index contributed by atoms with van der Waals surface area (Å²) >= 11 is 0. The lowest BCUT2D eigenvalue weighted by molar-refractivity contribution is -0.137. The molecular weight excluding hydrogens is 160 g/mol. The summed E-state index contributed by atoms with van der Waals surface area (Å²) < 4.78 is 4.53. The number of hydrogen-bond acceptors (Lipinski definition) is 4. The molecule has 5 heteroatoms. The van der Waals surface area contributed by atoms with Gasteiger partial charge in [-0.1, -0.05) is 0 Å². The molecule has 0 aliphatic heterocycles. The van der Waals surface area contributed by atoms with Gasteiger partial charge in [0.2, 0.25) is 0 Å². The molecular formula is C7H12N2O3. The van der Waals surface area contributed by atoms with Gasteiger partial charge in [0.05, 0.1) is 12.7 Å². The standard InChI is InChI=1S/C7H12N2O3/c1-3-12-6(10)4-5(8)7(11)9-2/h4H,3,8H2,1-2H3,(H,9,11)/b5-4-. The minimum Gasteiger partial charge on any atom is -0.463 e. The van der Waals surface area contributed by atoms with E-state index in [2.05, 4.69) is 10.1 Å². The van der Waals surface area contributed by atoms with Crippen molar-refractivity contribution in [1.82, 2.24) is 5.32 Å². The van der Waals surface area contributed by atoms with E-state index in [1.54, 1.807) is 6.92 Å². The van der Waals surface area contributed by atoms with Gasteiger partial charge in [-0.2, -0.15) is 0 Å². The summed E-state index contributed by atoms with van der Waals surface area (Å²) in [6.07, 6.45) is 0.947. The first kappa shape index (κ1) is 10.5. The maximum absolute atomic E-state index is 10.7. The fraction of sp³-hybridized carbons (Fsp3) is 0.429. The number of carbonyl (C=O) groups is 2. The zero-order valence-electron chi connectivity index (χ0n) is 7.09. The second-order valence-corrected chi connectivity index (χ2v) is 1.93. The summed E-state index contributed by atoms with van der Waals surface area (Å²) in [7, 11) is 1.42. The van der Waals surface area contributed by atoms with Gasteiger partial charge in [0, 0.05) is 7.05 Å². The minimum atomic E-state index is -0.612. The van der Waals surface area contributed by atoms with Crippen LogP contribution in [-0.2, 0) is 14.3 Å². The third-order valence-corrected chi connectivity index (χ3v) is 1.05. The van der Waals surface area contributed by atoms with Crippen LogP contribution in [0.5, 0.6) is 0 Å². The number of nitrogens with two attached hydrogens (primary N) is 1. The number of nitrogens with one attached hydrogen (secondary N) is 1. The molecule has 0 bridgehead atoms. The predicted octanol–water partition coefficient (Wildman–Crippen LogP) is -0.862. The monoisotopic (exact) mass is 172 g/mol. The summed E-state index contributed by atoms with van der Waals surface area (Å²) in [5.74, 6) is -1.11. The van der Waals surface area contributed by atoms with E-state index in [1.165, 1.54) is 7.05 Å². The van der Waals surface area contributed by atoms with Gasteiger partial charge in [-0.05, 0) is 6.92 Å². The average molecular weight is 172 g/mol. The molecule has 0 saturated carbocycles. The van der Waals surface area contributed by atoms with Crippen molar-refractivity contribution in [2.75, 3.05) is 13.7 Å². The Morgan fingerprint density at radius 2 is 2.17 bits per heavy atom. The molecule has 3 N–H and O–H groups in total. The second kappa shape index (κ2) is 5.17. The highest BCUT2D eigenvalue weighted by molar-refractivity contribution is 5.98. The smallest absolute Gasteiger partial charge is 0.333 e. The summed E-state index contributed by atoms with van der Waals surface area (Å²) in [5.41, 5.74) is 5.05. The molecule has 0 radical (unpaired) electrons. The Morgan fingerprint density at radius 1 is 1.58 bits per heavy atom. The SMILES string of the molecule is CCOC(=O)/C=C(\N)C(=O)NC. The Morgan fingerprint density at radius 3 is 2.58 bits per heavy atom. The molecule has 0 rings (SSSR count). The van der Waals surface area contributed by atoms with Gasteiger partial charge in [0.15, 0.2) is 0 Å². The zero-order chi connectivity index (χ0) is 9.56. The molecule has 0 spiro atoms. The van der Waals surface area contributed by atoms with Crippen molar-refractivity contribution in [3.8, 4) is 0 Å². The summed E-state index contributed by atoms with van der Waals surface area (Å²) in [4.78, 5) is 21.5. The molecule has 5 nitrogen and oxygen atoms in total. The van der Waals surface area contributed by atoms with Crippen molar-refractivity contribution >= 4 is 11.9 Å². The van der Waals surface area contributed by atoms with Gasteiger partial charge in [-0.15, -0.1) is 0 Å². The topological polar surface area (TPSA) is 81.4 Å². The molecule has 0 unspecified atom stereocenters. The number of amides is 1. The van der Waals surface area contributed by atoms with Crippen LogP contribution in [0.1, 0.15) is 6.92 Å². The number of carbonyl (C=O) groups excluding carboxylic acids is 2. The first-order valence-electron chi connectivity index (χ1n) is 3.47. The maximum atomic E-state index is 10.7. The molecule has 0 aromatic carbocycles. The van der Waals surface area contributed by atoms with E-state index in [-0.39, 0.29) is 12.3 Å². The molecule has 0 heterocycles. The first-order valence-corrected chi connectivity index (χ1v) is 3.47. The van der Waals surface area contributed by atoms with Gasteiger partial charge in [0.1, 0.15) is 5.70 Å². The normalized spacial score (nSPS) is 10.7. The Labute approximate surface area is 70.6 Å². The van der Waals surface area contributed by atoms with Crippen LogP contribution in [0.3, 0.4) is 0 Å². The lowest BCUT2D eigenvalue weighted by Gasteiger charge is -1.99. The number of ether oxygens (including phenoxy) is 1. The highest BCUT2D eigenvalue weighted by Crippen LogP contribution is 1.86. The van der Waals surface area contributed by atoms with Gasteiger partial charge < -0.3 is 15.8 Å². The van der Waals surface area contributed by atoms with Crippen molar-refractivity contribution in [1.29, 1.82) is 0 Å². The van der Waals surface area contributed by atoms with Crippen LogP contribution in [-0.4, -0.2) is 25.5 Å². The first-order chi connectivity index (χ1) is 5.61. The highest BCUT2D eigenvalue weighted by Gasteiger charge is 2.04. The lowest BCUT2D eigenvalue weighted by Crippen LogP contribution is -2.25. The van der Waals surface area contributed by atoms with Crippen molar-refractivity contribution in [3.05, 3.63) is 11.8 Å². The van der Waals surface area contributed by atoms with E-state index in [0.717, 1.165) is 6.08 Å². The van der Waals surface area contributed by atoms with Crippen molar-refractivity contribution in [2.24, 2.45) is 5.73 Å². The predicted molar refractivity (Wildman–Crippen MR) is 43.0 cm³/mol. The summed E-state index contributed by atoms with van der Waals surface area (Å²) in [6, 6.07) is 0. The molecule has 0 aromatic heterocycles. The molecule has 0 aliphatic rings. The van der Waals surface area contributed by atoms with Crippen molar-refractivity contribution in [2.45, 2.75) is 6.92 Å². The van der Waals surface area contributed by atoms with E-state index in [0.29, 0.717) is 0 Å². The van der Waals surface area contributed by atoms with Crippen LogP contribution in [0.4, 0.5) is 0 Å². The Balaban J connectivity index is 4.15. The van der Waals surface area contributed by atoms with Crippen LogP contribution in [0.25, 0.3) is 0 Å². The van der Waals surface area contributed by atoms with Crippen LogP contribution in [0.15, 0.2) is 11.8 Å². The maximum Gasteiger partial charge on any atom is 0.333 e. The molecule has 1 amide bonds. The van der Waals surface area contributed by atoms with E-state index < -0.39 is 11.9 Å². The van der Waals surface area contributed by atoms with E-state index in [9.17, 15) is 9.59 Å². The van der Waals surface area contributed by atoms with E-state index in [1.807, 2.05) is 0 Å². The molecule has 68 valence electrons. The number of hydrogen-bond donors (Lipinski definition) is 2. The fourth-order valence-corrected chi connectivity index (χ4v) is 0.521. The second-order valence-electron chi connectivity index (χ2n) is 1.93. The van der Waals surface area contributed by atoms with Crippen molar-refractivity contribution in [3.63, 3.8) is 0 Å². The summed E-state index contributed by atoms with van der Waals surface area (Å²) in [6.45, 7) is 1.93. The molecule has 0 aromatic rings. The molecule has 0 saturated heterocycles.